The third-order valence-corrected chi connectivity index (χ3v) is 5.23. The summed E-state index contributed by atoms with van der Waals surface area (Å²) >= 11 is 0. The first-order chi connectivity index (χ1) is 17.0. The Bertz CT molecular complexity index is 997. The van der Waals surface area contributed by atoms with Crippen LogP contribution in [0.1, 0.15) is 75.1 Å². The first kappa shape index (κ1) is 34.2. The van der Waals surface area contributed by atoms with Gasteiger partial charge in [-0.05, 0) is 62.4 Å². The van der Waals surface area contributed by atoms with Gasteiger partial charge in [0.15, 0.2) is 11.6 Å². The Morgan fingerprint density at radius 2 is 0.946 bits per heavy atom. The van der Waals surface area contributed by atoms with Crippen LogP contribution in [0.25, 0.3) is 0 Å². The van der Waals surface area contributed by atoms with Crippen molar-refractivity contribution in [3.05, 3.63) is 107 Å². The molecular weight excluding hydrogens is 540 g/mol. The summed E-state index contributed by atoms with van der Waals surface area (Å²) in [5.41, 5.74) is 3.98. The molecule has 0 bridgehead atoms. The molecule has 2 aliphatic carbocycles. The van der Waals surface area contributed by atoms with Crippen molar-refractivity contribution in [3.8, 4) is 11.5 Å². The monoisotopic (exact) mass is 576 g/mol. The summed E-state index contributed by atoms with van der Waals surface area (Å²) < 4.78 is 0. The average molecular weight is 578 g/mol. The van der Waals surface area contributed by atoms with Gasteiger partial charge in [-0.25, -0.2) is 23.3 Å². The molecule has 0 heterocycles. The number of Topliss-reactive ketones (excluding diaryl/α,β-unsaturated/α-hetero) is 2. The molecule has 0 aliphatic heterocycles. The standard InChI is InChI=1S/2C8H8O2.2C8H11.Zr/c2*1-6(9)7-2-4-8(10)5-3-7;2*1-7(2)8-5-3-4-6-8;/h2*2-5,10H,1H3;2*3,5,7H,4H2,1-2H3;/q;;2*-1;+2. The van der Waals surface area contributed by atoms with Gasteiger partial charge in [0.1, 0.15) is 11.5 Å². The molecular formula is C32H38O4Zr. The quantitative estimate of drug-likeness (QED) is 0.287. The van der Waals surface area contributed by atoms with E-state index in [0.717, 1.165) is 12.8 Å². The molecule has 0 unspecified atom stereocenters. The number of carbonyl (C=O) groups excluding carboxylic acids is 2. The van der Waals surface area contributed by atoms with Gasteiger partial charge in [0, 0.05) is 11.1 Å². The summed E-state index contributed by atoms with van der Waals surface area (Å²) in [6.45, 7) is 11.8. The van der Waals surface area contributed by atoms with Gasteiger partial charge in [0.25, 0.3) is 0 Å². The molecule has 4 nitrogen and oxygen atoms in total. The topological polar surface area (TPSA) is 74.6 Å². The maximum absolute atomic E-state index is 10.7. The Kier molecular flexibility index (Phi) is 17.1. The van der Waals surface area contributed by atoms with Gasteiger partial charge in [-0.3, -0.25) is 21.7 Å². The van der Waals surface area contributed by atoms with Crippen LogP contribution in [0.4, 0.5) is 0 Å². The summed E-state index contributed by atoms with van der Waals surface area (Å²) in [5.74, 6) is 1.72. The minimum atomic E-state index is 0. The average Bonchev–Trinajstić information content (AvgIpc) is 3.56. The molecule has 5 heteroatoms. The normalized spacial score (nSPS) is 12.6. The number of benzene rings is 2. The number of carbonyl (C=O) groups is 2. The maximum atomic E-state index is 10.7. The SMILES string of the molecule is CC(=O)c1ccc(O)cc1.CC(=O)c1ccc(O)cc1.CC(C)C1=[C-]CC=C1.CC(C)C1=[C-]CC=C1.[Zr+2]. The van der Waals surface area contributed by atoms with Crippen molar-refractivity contribution >= 4 is 11.6 Å². The molecule has 0 spiro atoms. The van der Waals surface area contributed by atoms with Gasteiger partial charge in [-0.2, -0.15) is 12.2 Å². The van der Waals surface area contributed by atoms with Crippen LogP contribution in [-0.4, -0.2) is 21.8 Å². The Balaban J connectivity index is 0.000000465. The predicted octanol–water partition coefficient (Wildman–Crippen LogP) is 7.85. The van der Waals surface area contributed by atoms with E-state index in [1.165, 1.54) is 49.3 Å². The van der Waals surface area contributed by atoms with Crippen molar-refractivity contribution in [3.63, 3.8) is 0 Å². The molecule has 4 rings (SSSR count). The molecule has 0 saturated carbocycles. The third kappa shape index (κ3) is 14.5. The molecule has 2 N–H and O–H groups in total. The fourth-order valence-corrected chi connectivity index (χ4v) is 3.03. The van der Waals surface area contributed by atoms with Crippen LogP contribution in [0.2, 0.25) is 0 Å². The van der Waals surface area contributed by atoms with Gasteiger partial charge in [0.05, 0.1) is 0 Å². The Hall–Kier alpha value is -2.78. The van der Waals surface area contributed by atoms with Crippen molar-refractivity contribution in [2.24, 2.45) is 11.8 Å². The van der Waals surface area contributed by atoms with Gasteiger partial charge < -0.3 is 10.2 Å². The molecule has 37 heavy (non-hydrogen) atoms. The van der Waals surface area contributed by atoms with Crippen molar-refractivity contribution in [1.29, 1.82) is 0 Å². The van der Waals surface area contributed by atoms with E-state index < -0.39 is 0 Å². The summed E-state index contributed by atoms with van der Waals surface area (Å²) in [7, 11) is 0. The second-order valence-electron chi connectivity index (χ2n) is 8.99. The summed E-state index contributed by atoms with van der Waals surface area (Å²) in [5, 5.41) is 17.7. The molecule has 194 valence electrons. The number of rotatable bonds is 4. The van der Waals surface area contributed by atoms with E-state index in [9.17, 15) is 9.59 Å². The largest absolute Gasteiger partial charge is 2.00 e. The Morgan fingerprint density at radius 1 is 0.649 bits per heavy atom. The zero-order valence-corrected chi connectivity index (χ0v) is 25.2. The summed E-state index contributed by atoms with van der Waals surface area (Å²) in [6.07, 6.45) is 17.2. The fraction of sp³-hybridized carbons (Fsp3) is 0.312. The fourth-order valence-electron chi connectivity index (χ4n) is 3.03. The molecule has 0 radical (unpaired) electrons. The van der Waals surface area contributed by atoms with Crippen LogP contribution < -0.4 is 0 Å². The minimum Gasteiger partial charge on any atom is -0.508 e. The van der Waals surface area contributed by atoms with Crippen LogP contribution >= 0.6 is 0 Å². The predicted molar refractivity (Wildman–Crippen MR) is 147 cm³/mol. The number of hydrogen-bond acceptors (Lipinski definition) is 4. The van der Waals surface area contributed by atoms with Crippen LogP contribution in [0.15, 0.2) is 84.0 Å². The summed E-state index contributed by atoms with van der Waals surface area (Å²) in [6, 6.07) is 12.4. The first-order valence-electron chi connectivity index (χ1n) is 12.2. The number of aromatic hydroxyl groups is 2. The van der Waals surface area contributed by atoms with Gasteiger partial charge in [0.2, 0.25) is 0 Å². The van der Waals surface area contributed by atoms with Crippen molar-refractivity contribution in [2.75, 3.05) is 0 Å². The Morgan fingerprint density at radius 3 is 1.11 bits per heavy atom. The molecule has 0 aromatic heterocycles. The number of allylic oxidation sites excluding steroid dienone is 8. The van der Waals surface area contributed by atoms with E-state index in [1.807, 2.05) is 0 Å². The van der Waals surface area contributed by atoms with Crippen molar-refractivity contribution in [2.45, 2.75) is 54.4 Å². The number of hydrogen-bond donors (Lipinski definition) is 2. The van der Waals surface area contributed by atoms with Crippen molar-refractivity contribution < 1.29 is 46.0 Å². The number of phenols is 2. The van der Waals surface area contributed by atoms with E-state index in [2.05, 4.69) is 64.2 Å². The van der Waals surface area contributed by atoms with E-state index in [4.69, 9.17) is 10.2 Å². The van der Waals surface area contributed by atoms with Crippen molar-refractivity contribution in [1.82, 2.24) is 0 Å². The molecule has 0 atom stereocenters. The molecule has 2 aromatic rings. The van der Waals surface area contributed by atoms with Crippen LogP contribution in [0.3, 0.4) is 0 Å². The molecule has 0 saturated heterocycles. The second kappa shape index (κ2) is 18.5. The van der Waals surface area contributed by atoms with Gasteiger partial charge >= 0.3 is 26.2 Å². The second-order valence-corrected chi connectivity index (χ2v) is 8.99. The van der Waals surface area contributed by atoms with Crippen LogP contribution in [0.5, 0.6) is 11.5 Å². The van der Waals surface area contributed by atoms with E-state index >= 15 is 0 Å². The minimum absolute atomic E-state index is 0. The maximum Gasteiger partial charge on any atom is 2.00 e. The van der Waals surface area contributed by atoms with Gasteiger partial charge in [-0.15, -0.1) is 12.8 Å². The summed E-state index contributed by atoms with van der Waals surface area (Å²) in [4.78, 5) is 21.4. The first-order valence-corrected chi connectivity index (χ1v) is 12.2. The third-order valence-electron chi connectivity index (χ3n) is 5.23. The smallest absolute Gasteiger partial charge is 0.508 e. The Labute approximate surface area is 241 Å². The molecule has 0 amide bonds. The molecule has 2 aliphatic rings. The van der Waals surface area contributed by atoms with E-state index in [1.54, 1.807) is 24.3 Å². The number of ketones is 2. The van der Waals surface area contributed by atoms with Crippen LogP contribution in [0, 0.1) is 24.0 Å². The molecule has 0 fully saturated rings. The number of phenolic OH excluding ortho intramolecular Hbond substituents is 2. The zero-order chi connectivity index (χ0) is 27.1. The van der Waals surface area contributed by atoms with Crippen LogP contribution in [-0.2, 0) is 26.2 Å². The molecule has 2 aromatic carbocycles. The van der Waals surface area contributed by atoms with E-state index in [-0.39, 0.29) is 49.3 Å². The van der Waals surface area contributed by atoms with E-state index in [0.29, 0.717) is 23.0 Å². The zero-order valence-electron chi connectivity index (χ0n) is 22.7. The van der Waals surface area contributed by atoms with Gasteiger partial charge in [-0.1, -0.05) is 39.5 Å².